The van der Waals surface area contributed by atoms with Crippen LogP contribution >= 0.6 is 0 Å². The molecule has 1 saturated heterocycles. The van der Waals surface area contributed by atoms with E-state index < -0.39 is 5.82 Å². The van der Waals surface area contributed by atoms with Gasteiger partial charge in [0.25, 0.3) is 0 Å². The summed E-state index contributed by atoms with van der Waals surface area (Å²) in [7, 11) is 1.42. The molecule has 2 aromatic rings. The molecule has 0 unspecified atom stereocenters. The number of nitrogens with zero attached hydrogens (tertiary/aromatic N) is 2. The zero-order valence-electron chi connectivity index (χ0n) is 15.8. The van der Waals surface area contributed by atoms with Crippen molar-refractivity contribution in [2.24, 2.45) is 0 Å². The van der Waals surface area contributed by atoms with Crippen LogP contribution in [0.15, 0.2) is 24.3 Å². The Bertz CT molecular complexity index is 754. The Morgan fingerprint density at radius 3 is 2.74 bits per heavy atom. The highest BCUT2D eigenvalue weighted by Crippen LogP contribution is 2.25. The van der Waals surface area contributed by atoms with Crippen molar-refractivity contribution < 1.29 is 13.9 Å². The first-order chi connectivity index (χ1) is 13.2. The van der Waals surface area contributed by atoms with Crippen molar-refractivity contribution in [1.29, 1.82) is 0 Å². The summed E-state index contributed by atoms with van der Waals surface area (Å²) in [5.74, 6) is 0.214. The van der Waals surface area contributed by atoms with Gasteiger partial charge in [0.05, 0.1) is 12.8 Å². The Balaban J connectivity index is 1.48. The highest BCUT2D eigenvalue weighted by molar-refractivity contribution is 5.90. The largest absolute Gasteiger partial charge is 0.494 e. The number of rotatable bonds is 7. The van der Waals surface area contributed by atoms with E-state index in [1.54, 1.807) is 18.2 Å². The van der Waals surface area contributed by atoms with Gasteiger partial charge < -0.3 is 15.0 Å². The minimum absolute atomic E-state index is 0.0408. The first-order valence-electron chi connectivity index (χ1n) is 9.57. The molecule has 2 heterocycles. The van der Waals surface area contributed by atoms with Crippen LogP contribution in [0.5, 0.6) is 5.75 Å². The Morgan fingerprint density at radius 2 is 2.04 bits per heavy atom. The van der Waals surface area contributed by atoms with Gasteiger partial charge in [-0.25, -0.2) is 4.39 Å². The Kier molecular flexibility index (Phi) is 6.81. The van der Waals surface area contributed by atoms with E-state index in [1.807, 2.05) is 0 Å². The van der Waals surface area contributed by atoms with Crippen molar-refractivity contribution >= 4 is 11.7 Å². The highest BCUT2D eigenvalue weighted by atomic mass is 19.1. The van der Waals surface area contributed by atoms with Crippen LogP contribution in [0, 0.1) is 5.82 Å². The molecule has 27 heavy (non-hydrogen) atoms. The third-order valence-electron chi connectivity index (χ3n) is 4.88. The summed E-state index contributed by atoms with van der Waals surface area (Å²) < 4.78 is 18.8. The van der Waals surface area contributed by atoms with Gasteiger partial charge >= 0.3 is 0 Å². The Hall–Kier alpha value is -2.41. The number of anilines is 1. The number of hydrogen-bond acceptors (Lipinski definition) is 4. The number of halogens is 1. The number of methoxy groups -OCH3 is 1. The minimum atomic E-state index is -0.447. The SMILES string of the molecule is COc1ccc(-c2cc(NC(=O)CCCN3CCCCCC3)[nH]n2)cc1F. The Morgan fingerprint density at radius 1 is 1.26 bits per heavy atom. The van der Waals surface area contributed by atoms with Gasteiger partial charge in [-0.2, -0.15) is 5.10 Å². The van der Waals surface area contributed by atoms with Gasteiger partial charge in [0.15, 0.2) is 11.6 Å². The molecular weight excluding hydrogens is 347 g/mol. The van der Waals surface area contributed by atoms with E-state index in [0.29, 0.717) is 23.5 Å². The second-order valence-corrected chi connectivity index (χ2v) is 6.92. The van der Waals surface area contributed by atoms with Crippen molar-refractivity contribution in [3.05, 3.63) is 30.1 Å². The summed E-state index contributed by atoms with van der Waals surface area (Å²) in [6.07, 6.45) is 6.47. The third-order valence-corrected chi connectivity index (χ3v) is 4.88. The highest BCUT2D eigenvalue weighted by Gasteiger charge is 2.12. The number of aromatic nitrogens is 2. The van der Waals surface area contributed by atoms with E-state index in [9.17, 15) is 9.18 Å². The van der Waals surface area contributed by atoms with Crippen LogP contribution in [0.2, 0.25) is 0 Å². The van der Waals surface area contributed by atoms with Gasteiger partial charge in [0.1, 0.15) is 5.82 Å². The lowest BCUT2D eigenvalue weighted by Gasteiger charge is -2.19. The molecular formula is C20H27FN4O2. The van der Waals surface area contributed by atoms with Crippen molar-refractivity contribution in [1.82, 2.24) is 15.1 Å². The molecule has 6 nitrogen and oxygen atoms in total. The molecule has 1 aliphatic rings. The fraction of sp³-hybridized carbons (Fsp3) is 0.500. The van der Waals surface area contributed by atoms with E-state index in [2.05, 4.69) is 20.4 Å². The normalized spacial score (nSPS) is 15.3. The molecule has 1 aliphatic heterocycles. The molecule has 1 fully saturated rings. The van der Waals surface area contributed by atoms with E-state index in [1.165, 1.54) is 38.9 Å². The van der Waals surface area contributed by atoms with Crippen LogP contribution in [0.1, 0.15) is 38.5 Å². The van der Waals surface area contributed by atoms with Crippen molar-refractivity contribution in [2.75, 3.05) is 32.1 Å². The number of benzene rings is 1. The van der Waals surface area contributed by atoms with Crippen LogP contribution in [0.3, 0.4) is 0 Å². The van der Waals surface area contributed by atoms with Gasteiger partial charge in [-0.3, -0.25) is 9.89 Å². The standard InChI is InChI=1S/C20H27FN4O2/c1-27-18-9-8-15(13-16(18)21)17-14-19(24-23-17)22-20(26)7-6-12-25-10-4-2-3-5-11-25/h8-9,13-14H,2-7,10-12H2,1H3,(H2,22,23,24,26). The number of nitrogens with one attached hydrogen (secondary N) is 2. The van der Waals surface area contributed by atoms with E-state index in [-0.39, 0.29) is 11.7 Å². The topological polar surface area (TPSA) is 70.2 Å². The fourth-order valence-electron chi connectivity index (χ4n) is 3.40. The second kappa shape index (κ2) is 9.50. The van der Waals surface area contributed by atoms with Gasteiger partial charge in [0, 0.05) is 18.1 Å². The van der Waals surface area contributed by atoms with Gasteiger partial charge in [0.2, 0.25) is 5.91 Å². The first-order valence-corrected chi connectivity index (χ1v) is 9.57. The fourth-order valence-corrected chi connectivity index (χ4v) is 3.40. The molecule has 7 heteroatoms. The number of likely N-dealkylation sites (tertiary alicyclic amines) is 1. The number of amides is 1. The monoisotopic (exact) mass is 374 g/mol. The van der Waals surface area contributed by atoms with Crippen molar-refractivity contribution in [3.63, 3.8) is 0 Å². The number of aromatic amines is 1. The average Bonchev–Trinajstić information content (AvgIpc) is 2.96. The summed E-state index contributed by atoms with van der Waals surface area (Å²) in [6, 6.07) is 6.35. The summed E-state index contributed by atoms with van der Waals surface area (Å²) in [6.45, 7) is 3.25. The lowest BCUT2D eigenvalue weighted by Crippen LogP contribution is -2.26. The van der Waals surface area contributed by atoms with Crippen LogP contribution in [-0.4, -0.2) is 47.7 Å². The quantitative estimate of drug-likeness (QED) is 0.773. The van der Waals surface area contributed by atoms with Crippen LogP contribution < -0.4 is 10.1 Å². The maximum Gasteiger partial charge on any atom is 0.225 e. The lowest BCUT2D eigenvalue weighted by atomic mass is 10.1. The zero-order valence-corrected chi connectivity index (χ0v) is 15.8. The first kappa shape index (κ1) is 19.4. The second-order valence-electron chi connectivity index (χ2n) is 6.92. The zero-order chi connectivity index (χ0) is 19.1. The van der Waals surface area contributed by atoms with Gasteiger partial charge in [-0.05, 0) is 57.1 Å². The molecule has 1 amide bonds. The number of ether oxygens (including phenoxy) is 1. The van der Waals surface area contributed by atoms with Gasteiger partial charge in [-0.15, -0.1) is 0 Å². The molecule has 0 bridgehead atoms. The number of carbonyl (C=O) groups excluding carboxylic acids is 1. The maximum atomic E-state index is 13.8. The lowest BCUT2D eigenvalue weighted by molar-refractivity contribution is -0.116. The molecule has 3 rings (SSSR count). The molecule has 0 spiro atoms. The molecule has 0 aliphatic carbocycles. The molecule has 0 atom stereocenters. The van der Waals surface area contributed by atoms with E-state index in [0.717, 1.165) is 26.1 Å². The van der Waals surface area contributed by atoms with Crippen molar-refractivity contribution in [2.45, 2.75) is 38.5 Å². The smallest absolute Gasteiger partial charge is 0.225 e. The molecule has 0 radical (unpaired) electrons. The molecule has 1 aromatic heterocycles. The van der Waals surface area contributed by atoms with E-state index in [4.69, 9.17) is 4.74 Å². The summed E-state index contributed by atoms with van der Waals surface area (Å²) >= 11 is 0. The summed E-state index contributed by atoms with van der Waals surface area (Å²) in [5, 5.41) is 9.76. The Labute approximate surface area is 159 Å². The van der Waals surface area contributed by atoms with Crippen LogP contribution in [-0.2, 0) is 4.79 Å². The average molecular weight is 374 g/mol. The van der Waals surface area contributed by atoms with Gasteiger partial charge in [-0.1, -0.05) is 12.8 Å². The third kappa shape index (κ3) is 5.53. The van der Waals surface area contributed by atoms with Crippen molar-refractivity contribution in [3.8, 4) is 17.0 Å². The molecule has 146 valence electrons. The summed E-state index contributed by atoms with van der Waals surface area (Å²) in [4.78, 5) is 14.6. The number of hydrogen-bond donors (Lipinski definition) is 2. The molecule has 2 N–H and O–H groups in total. The molecule has 0 saturated carbocycles. The van der Waals surface area contributed by atoms with Crippen LogP contribution in [0.4, 0.5) is 10.2 Å². The maximum absolute atomic E-state index is 13.8. The molecule has 1 aromatic carbocycles. The van der Waals surface area contributed by atoms with E-state index >= 15 is 0 Å². The predicted octanol–water partition coefficient (Wildman–Crippen LogP) is 3.82. The van der Waals surface area contributed by atoms with Crippen LogP contribution in [0.25, 0.3) is 11.3 Å². The predicted molar refractivity (Wildman–Crippen MR) is 103 cm³/mol. The minimum Gasteiger partial charge on any atom is -0.494 e. The number of carbonyl (C=O) groups is 1. The summed E-state index contributed by atoms with van der Waals surface area (Å²) in [5.41, 5.74) is 1.18. The number of H-pyrrole nitrogens is 1.